The summed E-state index contributed by atoms with van der Waals surface area (Å²) in [6, 6.07) is 3.56. The first-order valence-corrected chi connectivity index (χ1v) is 4.67. The lowest BCUT2D eigenvalue weighted by atomic mass is 10.2. The molecule has 1 aromatic heterocycles. The molecule has 0 aliphatic heterocycles. The summed E-state index contributed by atoms with van der Waals surface area (Å²) in [6.07, 6.45) is 3.20. The van der Waals surface area contributed by atoms with Crippen LogP contribution in [0, 0.1) is 0 Å². The van der Waals surface area contributed by atoms with E-state index in [0.29, 0.717) is 12.1 Å². The van der Waals surface area contributed by atoms with Gasteiger partial charge in [0.25, 0.3) is 5.91 Å². The first-order chi connectivity index (χ1) is 7.15. The second-order valence-corrected chi connectivity index (χ2v) is 3.30. The molecule has 0 aliphatic rings. The summed E-state index contributed by atoms with van der Waals surface area (Å²) in [5, 5.41) is 2.69. The van der Waals surface area contributed by atoms with Crippen molar-refractivity contribution in [2.75, 3.05) is 25.5 Å². The molecule has 0 saturated heterocycles. The van der Waals surface area contributed by atoms with Gasteiger partial charge in [0.1, 0.15) is 5.82 Å². The fourth-order valence-corrected chi connectivity index (χ4v) is 1.05. The lowest BCUT2D eigenvalue weighted by molar-refractivity contribution is 0.0957. The molecule has 1 heterocycles. The van der Waals surface area contributed by atoms with Gasteiger partial charge in [-0.1, -0.05) is 6.08 Å². The number of nitrogens with zero attached hydrogens (tertiary/aromatic N) is 2. The third-order valence-electron chi connectivity index (χ3n) is 1.88. The van der Waals surface area contributed by atoms with Crippen molar-refractivity contribution in [3.8, 4) is 0 Å². The molecule has 0 fully saturated rings. The van der Waals surface area contributed by atoms with E-state index < -0.39 is 0 Å². The largest absolute Gasteiger partial charge is 0.363 e. The minimum absolute atomic E-state index is 0.132. The van der Waals surface area contributed by atoms with Crippen LogP contribution in [0.25, 0.3) is 0 Å². The molecule has 1 rings (SSSR count). The third-order valence-corrected chi connectivity index (χ3v) is 1.88. The molecular formula is C11H15N3O. The van der Waals surface area contributed by atoms with Crippen molar-refractivity contribution in [3.05, 3.63) is 36.5 Å². The van der Waals surface area contributed by atoms with Gasteiger partial charge in [-0.05, 0) is 12.1 Å². The molecule has 0 aromatic carbocycles. The SMILES string of the molecule is C=CCNC(=O)c1ccc(N(C)C)nc1. The monoisotopic (exact) mass is 205 g/mol. The number of hydrogen-bond acceptors (Lipinski definition) is 3. The third kappa shape index (κ3) is 3.09. The summed E-state index contributed by atoms with van der Waals surface area (Å²) in [5.74, 6) is 0.697. The summed E-state index contributed by atoms with van der Waals surface area (Å²) in [6.45, 7) is 3.99. The topological polar surface area (TPSA) is 45.2 Å². The Balaban J connectivity index is 2.71. The summed E-state index contributed by atoms with van der Waals surface area (Å²) in [4.78, 5) is 17.5. The quantitative estimate of drug-likeness (QED) is 0.748. The summed E-state index contributed by atoms with van der Waals surface area (Å²) < 4.78 is 0. The van der Waals surface area contributed by atoms with Crippen LogP contribution in [0.5, 0.6) is 0 Å². The van der Waals surface area contributed by atoms with Gasteiger partial charge < -0.3 is 10.2 Å². The molecule has 1 aromatic rings. The smallest absolute Gasteiger partial charge is 0.253 e. The number of anilines is 1. The standard InChI is InChI=1S/C11H15N3O/c1-4-7-12-11(15)9-5-6-10(13-8-9)14(2)3/h4-6,8H,1,7H2,2-3H3,(H,12,15). The first-order valence-electron chi connectivity index (χ1n) is 4.67. The molecule has 1 N–H and O–H groups in total. The van der Waals surface area contributed by atoms with Gasteiger partial charge in [0.2, 0.25) is 0 Å². The summed E-state index contributed by atoms with van der Waals surface area (Å²) in [5.41, 5.74) is 0.558. The van der Waals surface area contributed by atoms with Crippen LogP contribution in [0.15, 0.2) is 31.0 Å². The van der Waals surface area contributed by atoms with Gasteiger partial charge in [0.15, 0.2) is 0 Å². The van der Waals surface area contributed by atoms with E-state index in [1.807, 2.05) is 25.1 Å². The van der Waals surface area contributed by atoms with Crippen molar-refractivity contribution in [3.63, 3.8) is 0 Å². The Kier molecular flexibility index (Phi) is 3.85. The number of aromatic nitrogens is 1. The second kappa shape index (κ2) is 5.14. The Bertz CT molecular complexity index is 343. The van der Waals surface area contributed by atoms with E-state index in [1.54, 1.807) is 18.3 Å². The Morgan fingerprint density at radius 3 is 2.80 bits per heavy atom. The number of carbonyl (C=O) groups excluding carboxylic acids is 1. The van der Waals surface area contributed by atoms with Crippen LogP contribution < -0.4 is 10.2 Å². The van der Waals surface area contributed by atoms with E-state index in [2.05, 4.69) is 16.9 Å². The molecule has 15 heavy (non-hydrogen) atoms. The van der Waals surface area contributed by atoms with Crippen LogP contribution in [-0.4, -0.2) is 31.5 Å². The molecule has 1 amide bonds. The zero-order valence-corrected chi connectivity index (χ0v) is 9.03. The van der Waals surface area contributed by atoms with E-state index >= 15 is 0 Å². The van der Waals surface area contributed by atoms with Gasteiger partial charge >= 0.3 is 0 Å². The number of amides is 1. The average molecular weight is 205 g/mol. The number of nitrogens with one attached hydrogen (secondary N) is 1. The minimum Gasteiger partial charge on any atom is -0.363 e. The van der Waals surface area contributed by atoms with Crippen LogP contribution in [0.3, 0.4) is 0 Å². The maximum Gasteiger partial charge on any atom is 0.253 e. The normalized spacial score (nSPS) is 9.47. The highest BCUT2D eigenvalue weighted by Crippen LogP contribution is 2.07. The van der Waals surface area contributed by atoms with Crippen LogP contribution in [0.2, 0.25) is 0 Å². The van der Waals surface area contributed by atoms with Crippen LogP contribution in [0.1, 0.15) is 10.4 Å². The van der Waals surface area contributed by atoms with E-state index in [1.165, 1.54) is 0 Å². The van der Waals surface area contributed by atoms with Crippen LogP contribution in [0.4, 0.5) is 5.82 Å². The predicted molar refractivity (Wildman–Crippen MR) is 61.1 cm³/mol. The predicted octanol–water partition coefficient (Wildman–Crippen LogP) is 1.06. The lowest BCUT2D eigenvalue weighted by Crippen LogP contribution is -2.23. The fraction of sp³-hybridized carbons (Fsp3) is 0.273. The van der Waals surface area contributed by atoms with Crippen molar-refractivity contribution < 1.29 is 4.79 Å². The first kappa shape index (κ1) is 11.2. The van der Waals surface area contributed by atoms with Gasteiger partial charge in [-0.3, -0.25) is 4.79 Å². The van der Waals surface area contributed by atoms with Crippen molar-refractivity contribution in [1.82, 2.24) is 10.3 Å². The van der Waals surface area contributed by atoms with Crippen molar-refractivity contribution >= 4 is 11.7 Å². The zero-order chi connectivity index (χ0) is 11.3. The maximum atomic E-state index is 11.5. The Hall–Kier alpha value is -1.84. The minimum atomic E-state index is -0.132. The van der Waals surface area contributed by atoms with Gasteiger partial charge in [-0.15, -0.1) is 6.58 Å². The second-order valence-electron chi connectivity index (χ2n) is 3.30. The average Bonchev–Trinajstić information content (AvgIpc) is 2.26. The number of carbonyl (C=O) groups is 1. The van der Waals surface area contributed by atoms with Gasteiger partial charge in [-0.25, -0.2) is 4.98 Å². The van der Waals surface area contributed by atoms with Crippen LogP contribution >= 0.6 is 0 Å². The van der Waals surface area contributed by atoms with E-state index in [4.69, 9.17) is 0 Å². The molecule has 0 atom stereocenters. The highest BCUT2D eigenvalue weighted by Gasteiger charge is 2.04. The fourth-order valence-electron chi connectivity index (χ4n) is 1.05. The molecule has 4 nitrogen and oxygen atoms in total. The molecule has 0 aliphatic carbocycles. The van der Waals surface area contributed by atoms with Crippen molar-refractivity contribution in [2.45, 2.75) is 0 Å². The van der Waals surface area contributed by atoms with Gasteiger partial charge in [0, 0.05) is 26.8 Å². The highest BCUT2D eigenvalue weighted by atomic mass is 16.1. The molecule has 4 heteroatoms. The molecule has 0 radical (unpaired) electrons. The number of pyridine rings is 1. The molecule has 0 unspecified atom stereocenters. The zero-order valence-electron chi connectivity index (χ0n) is 9.03. The van der Waals surface area contributed by atoms with Gasteiger partial charge in [-0.2, -0.15) is 0 Å². The van der Waals surface area contributed by atoms with Crippen molar-refractivity contribution in [1.29, 1.82) is 0 Å². The van der Waals surface area contributed by atoms with Gasteiger partial charge in [0.05, 0.1) is 5.56 Å². The summed E-state index contributed by atoms with van der Waals surface area (Å²) in [7, 11) is 3.81. The Morgan fingerprint density at radius 2 is 2.33 bits per heavy atom. The number of rotatable bonds is 4. The van der Waals surface area contributed by atoms with E-state index in [9.17, 15) is 4.79 Å². The molecule has 0 bridgehead atoms. The lowest BCUT2D eigenvalue weighted by Gasteiger charge is -2.10. The molecule has 0 saturated carbocycles. The Labute approximate surface area is 89.6 Å². The molecular weight excluding hydrogens is 190 g/mol. The van der Waals surface area contributed by atoms with Crippen molar-refractivity contribution in [2.24, 2.45) is 0 Å². The van der Waals surface area contributed by atoms with Crippen LogP contribution in [-0.2, 0) is 0 Å². The van der Waals surface area contributed by atoms with E-state index in [-0.39, 0.29) is 5.91 Å². The number of hydrogen-bond donors (Lipinski definition) is 1. The molecule has 80 valence electrons. The molecule has 0 spiro atoms. The van der Waals surface area contributed by atoms with E-state index in [0.717, 1.165) is 5.82 Å². The summed E-state index contributed by atoms with van der Waals surface area (Å²) >= 11 is 0. The Morgan fingerprint density at radius 1 is 1.60 bits per heavy atom. The highest BCUT2D eigenvalue weighted by molar-refractivity contribution is 5.94. The maximum absolute atomic E-state index is 11.5.